The van der Waals surface area contributed by atoms with E-state index in [0.717, 1.165) is 31.6 Å². The molecule has 0 heterocycles. The third-order valence-corrected chi connectivity index (χ3v) is 3.68. The van der Waals surface area contributed by atoms with Crippen LogP contribution in [0.3, 0.4) is 0 Å². The summed E-state index contributed by atoms with van der Waals surface area (Å²) in [6.45, 7) is 9.66. The molecular weight excluding hydrogens is 251 g/mol. The maximum absolute atomic E-state index is 13.7. The molecule has 0 bridgehead atoms. The minimum absolute atomic E-state index is 0.106. The van der Waals surface area contributed by atoms with Crippen molar-refractivity contribution in [2.45, 2.75) is 39.7 Å². The summed E-state index contributed by atoms with van der Waals surface area (Å²) in [6, 6.07) is 7.18. The second-order valence-electron chi connectivity index (χ2n) is 5.98. The third-order valence-electron chi connectivity index (χ3n) is 3.68. The molecular formula is C17H29FN2. The number of hydrogen-bond donors (Lipinski definition) is 1. The lowest BCUT2D eigenvalue weighted by molar-refractivity contribution is 0.250. The molecule has 0 aliphatic heterocycles. The van der Waals surface area contributed by atoms with Gasteiger partial charge in [0.25, 0.3) is 0 Å². The van der Waals surface area contributed by atoms with Crippen LogP contribution in [0, 0.1) is 11.7 Å². The molecule has 2 nitrogen and oxygen atoms in total. The van der Waals surface area contributed by atoms with Crippen LogP contribution in [-0.4, -0.2) is 31.6 Å². The monoisotopic (exact) mass is 280 g/mol. The largest absolute Gasteiger partial charge is 0.316 e. The van der Waals surface area contributed by atoms with E-state index in [-0.39, 0.29) is 11.9 Å². The third kappa shape index (κ3) is 6.02. The zero-order valence-corrected chi connectivity index (χ0v) is 13.3. The molecule has 0 saturated carbocycles. The Morgan fingerprint density at radius 3 is 2.50 bits per heavy atom. The summed E-state index contributed by atoms with van der Waals surface area (Å²) in [5.41, 5.74) is 0.785. The average molecular weight is 280 g/mol. The minimum Gasteiger partial charge on any atom is -0.316 e. The van der Waals surface area contributed by atoms with Gasteiger partial charge in [-0.25, -0.2) is 4.39 Å². The lowest BCUT2D eigenvalue weighted by Crippen LogP contribution is -2.26. The van der Waals surface area contributed by atoms with Crippen molar-refractivity contribution >= 4 is 0 Å². The van der Waals surface area contributed by atoms with Crippen LogP contribution in [0.4, 0.5) is 4.39 Å². The van der Waals surface area contributed by atoms with Gasteiger partial charge < -0.3 is 5.32 Å². The van der Waals surface area contributed by atoms with Gasteiger partial charge in [-0.15, -0.1) is 0 Å². The highest BCUT2D eigenvalue weighted by molar-refractivity contribution is 5.20. The highest BCUT2D eigenvalue weighted by Crippen LogP contribution is 2.21. The molecule has 1 unspecified atom stereocenters. The first-order valence-corrected chi connectivity index (χ1v) is 7.67. The summed E-state index contributed by atoms with van der Waals surface area (Å²) in [6.07, 6.45) is 2.31. The molecule has 0 amide bonds. The molecule has 20 heavy (non-hydrogen) atoms. The summed E-state index contributed by atoms with van der Waals surface area (Å²) in [5.74, 6) is 0.601. The summed E-state index contributed by atoms with van der Waals surface area (Å²) >= 11 is 0. The smallest absolute Gasteiger partial charge is 0.127 e. The van der Waals surface area contributed by atoms with Crippen LogP contribution in [0.2, 0.25) is 0 Å². The molecule has 0 aliphatic rings. The van der Waals surface area contributed by atoms with Crippen molar-refractivity contribution in [2.75, 3.05) is 26.7 Å². The summed E-state index contributed by atoms with van der Waals surface area (Å²) in [5, 5.41) is 3.45. The summed E-state index contributed by atoms with van der Waals surface area (Å²) < 4.78 is 13.7. The quantitative estimate of drug-likeness (QED) is 0.691. The first-order valence-electron chi connectivity index (χ1n) is 7.67. The van der Waals surface area contributed by atoms with Crippen LogP contribution < -0.4 is 5.32 Å². The molecule has 0 spiro atoms. The topological polar surface area (TPSA) is 15.3 Å². The van der Waals surface area contributed by atoms with E-state index in [9.17, 15) is 4.39 Å². The first kappa shape index (κ1) is 17.1. The van der Waals surface area contributed by atoms with Crippen LogP contribution in [-0.2, 0) is 0 Å². The number of nitrogens with one attached hydrogen (secondary N) is 1. The Morgan fingerprint density at radius 1 is 1.15 bits per heavy atom. The van der Waals surface area contributed by atoms with Gasteiger partial charge in [-0.05, 0) is 58.4 Å². The zero-order chi connectivity index (χ0) is 15.0. The lowest BCUT2D eigenvalue weighted by Gasteiger charge is -2.25. The Morgan fingerprint density at radius 2 is 1.85 bits per heavy atom. The molecule has 0 aliphatic carbocycles. The predicted molar refractivity (Wildman–Crippen MR) is 84.4 cm³/mol. The number of nitrogens with zero attached hydrogens (tertiary/aromatic N) is 1. The van der Waals surface area contributed by atoms with Crippen molar-refractivity contribution in [1.29, 1.82) is 0 Å². The van der Waals surface area contributed by atoms with E-state index >= 15 is 0 Å². The molecule has 1 N–H and O–H groups in total. The Balaban J connectivity index is 2.25. The Bertz CT molecular complexity index is 379. The lowest BCUT2D eigenvalue weighted by atomic mass is 10.1. The molecule has 114 valence electrons. The molecule has 0 radical (unpaired) electrons. The second-order valence-corrected chi connectivity index (χ2v) is 5.98. The van der Waals surface area contributed by atoms with Crippen molar-refractivity contribution in [3.63, 3.8) is 0 Å². The van der Waals surface area contributed by atoms with Gasteiger partial charge in [0.2, 0.25) is 0 Å². The van der Waals surface area contributed by atoms with E-state index in [0.29, 0.717) is 5.92 Å². The molecule has 1 aromatic carbocycles. The SMILES string of the molecule is CC(C)CNCCCCN(C)C(C)c1ccccc1F. The van der Waals surface area contributed by atoms with Gasteiger partial charge >= 0.3 is 0 Å². The van der Waals surface area contributed by atoms with E-state index in [2.05, 4.69) is 38.0 Å². The number of halogens is 1. The highest BCUT2D eigenvalue weighted by atomic mass is 19.1. The molecule has 0 saturated heterocycles. The van der Waals surface area contributed by atoms with Crippen molar-refractivity contribution in [1.82, 2.24) is 10.2 Å². The standard InChI is InChI=1S/C17H29FN2/c1-14(2)13-19-11-7-8-12-20(4)15(3)16-9-5-6-10-17(16)18/h5-6,9-10,14-15,19H,7-8,11-13H2,1-4H3. The fourth-order valence-electron chi connectivity index (χ4n) is 2.25. The van der Waals surface area contributed by atoms with Crippen molar-refractivity contribution in [2.24, 2.45) is 5.92 Å². The van der Waals surface area contributed by atoms with Gasteiger partial charge in [-0.2, -0.15) is 0 Å². The zero-order valence-electron chi connectivity index (χ0n) is 13.3. The Kier molecular flexibility index (Phi) is 7.78. The van der Waals surface area contributed by atoms with E-state index in [4.69, 9.17) is 0 Å². The molecule has 0 aromatic heterocycles. The summed E-state index contributed by atoms with van der Waals surface area (Å²) in [4.78, 5) is 2.22. The van der Waals surface area contributed by atoms with E-state index in [1.165, 1.54) is 12.5 Å². The molecule has 1 aromatic rings. The summed E-state index contributed by atoms with van der Waals surface area (Å²) in [7, 11) is 2.07. The maximum Gasteiger partial charge on any atom is 0.127 e. The number of unbranched alkanes of at least 4 members (excludes halogenated alkanes) is 1. The number of benzene rings is 1. The van der Waals surface area contributed by atoms with Crippen molar-refractivity contribution in [3.8, 4) is 0 Å². The average Bonchev–Trinajstić information content (AvgIpc) is 2.42. The Labute approximate surface area is 123 Å². The van der Waals surface area contributed by atoms with Crippen LogP contribution >= 0.6 is 0 Å². The highest BCUT2D eigenvalue weighted by Gasteiger charge is 2.14. The predicted octanol–water partition coefficient (Wildman–Crippen LogP) is 3.84. The number of rotatable bonds is 9. The van der Waals surface area contributed by atoms with Gasteiger partial charge in [-0.1, -0.05) is 32.0 Å². The van der Waals surface area contributed by atoms with Gasteiger partial charge in [0.1, 0.15) is 5.82 Å². The van der Waals surface area contributed by atoms with Gasteiger partial charge in [0.05, 0.1) is 0 Å². The van der Waals surface area contributed by atoms with Crippen molar-refractivity contribution in [3.05, 3.63) is 35.6 Å². The maximum atomic E-state index is 13.7. The van der Waals surface area contributed by atoms with Gasteiger partial charge in [0, 0.05) is 11.6 Å². The Hall–Kier alpha value is -0.930. The van der Waals surface area contributed by atoms with Crippen LogP contribution in [0.1, 0.15) is 45.2 Å². The fraction of sp³-hybridized carbons (Fsp3) is 0.647. The second kappa shape index (κ2) is 9.09. The molecule has 1 atom stereocenters. The minimum atomic E-state index is -0.106. The van der Waals surface area contributed by atoms with Crippen LogP contribution in [0.25, 0.3) is 0 Å². The van der Waals surface area contributed by atoms with Crippen LogP contribution in [0.5, 0.6) is 0 Å². The van der Waals surface area contributed by atoms with Crippen molar-refractivity contribution < 1.29 is 4.39 Å². The van der Waals surface area contributed by atoms with Gasteiger partial charge in [-0.3, -0.25) is 4.90 Å². The molecule has 3 heteroatoms. The molecule has 1 rings (SSSR count). The van der Waals surface area contributed by atoms with E-state index in [1.54, 1.807) is 6.07 Å². The fourth-order valence-corrected chi connectivity index (χ4v) is 2.25. The van der Waals surface area contributed by atoms with Gasteiger partial charge in [0.15, 0.2) is 0 Å². The number of hydrogen-bond acceptors (Lipinski definition) is 2. The molecule has 0 fully saturated rings. The van der Waals surface area contributed by atoms with E-state index < -0.39 is 0 Å². The van der Waals surface area contributed by atoms with E-state index in [1.807, 2.05) is 12.1 Å². The first-order chi connectivity index (χ1) is 9.52. The van der Waals surface area contributed by atoms with Crippen LogP contribution in [0.15, 0.2) is 24.3 Å². The normalized spacial score (nSPS) is 13.2.